The number of carbonyl (C=O) groups is 1. The Morgan fingerprint density at radius 2 is 2.07 bits per heavy atom. The molecule has 1 saturated heterocycles. The van der Waals surface area contributed by atoms with E-state index in [0.717, 1.165) is 66.6 Å². The minimum Gasteiger partial charge on any atom is -0.465 e. The average molecular weight is 473 g/mol. The predicted octanol–water partition coefficient (Wildman–Crippen LogP) is 5.29. The first-order valence-corrected chi connectivity index (χ1v) is 11.2. The van der Waals surface area contributed by atoms with Gasteiger partial charge < -0.3 is 4.74 Å². The Bertz CT molecular complexity index is 974. The van der Waals surface area contributed by atoms with Crippen molar-refractivity contribution < 1.29 is 13.9 Å². The Morgan fingerprint density at radius 3 is 2.77 bits per heavy atom. The van der Waals surface area contributed by atoms with Crippen molar-refractivity contribution in [2.45, 2.75) is 38.5 Å². The molecule has 2 aliphatic rings. The summed E-state index contributed by atoms with van der Waals surface area (Å²) < 4.78 is 20.6. The van der Waals surface area contributed by atoms with Crippen LogP contribution in [0.1, 0.15) is 57.9 Å². The van der Waals surface area contributed by atoms with Gasteiger partial charge in [-0.05, 0) is 80.9 Å². The van der Waals surface area contributed by atoms with Gasteiger partial charge in [0.2, 0.25) is 0 Å². The van der Waals surface area contributed by atoms with Crippen molar-refractivity contribution in [3.63, 3.8) is 0 Å². The number of hydrogen-bond acceptors (Lipinski definition) is 4. The number of fused-ring (bicyclic) bond motifs is 1. The average Bonchev–Trinajstić information content (AvgIpc) is 2.74. The molecule has 4 rings (SSSR count). The molecule has 0 N–H and O–H groups in total. The molecule has 2 heterocycles. The van der Waals surface area contributed by atoms with E-state index in [1.165, 1.54) is 24.3 Å². The molecule has 158 valence electrons. The molecule has 0 spiro atoms. The summed E-state index contributed by atoms with van der Waals surface area (Å²) in [7, 11) is 1.31. The van der Waals surface area contributed by atoms with E-state index < -0.39 is 5.97 Å². The zero-order valence-electron chi connectivity index (χ0n) is 17.4. The number of methoxy groups -OCH3 is 1. The van der Waals surface area contributed by atoms with Crippen molar-refractivity contribution >= 4 is 28.0 Å². The quantitative estimate of drug-likeness (QED) is 0.567. The highest BCUT2D eigenvalue weighted by Gasteiger charge is 2.26. The molecule has 0 atom stereocenters. The van der Waals surface area contributed by atoms with Crippen LogP contribution < -0.4 is 0 Å². The highest BCUT2D eigenvalue weighted by atomic mass is 79.9. The summed E-state index contributed by atoms with van der Waals surface area (Å²) in [6.07, 6.45) is 7.99. The van der Waals surface area contributed by atoms with E-state index >= 15 is 0 Å². The molecule has 1 fully saturated rings. The Labute approximate surface area is 185 Å². The molecule has 30 heavy (non-hydrogen) atoms. The fourth-order valence-corrected chi connectivity index (χ4v) is 5.16. The highest BCUT2D eigenvalue weighted by Crippen LogP contribution is 2.34. The van der Waals surface area contributed by atoms with Crippen LogP contribution in [0.15, 0.2) is 34.4 Å². The van der Waals surface area contributed by atoms with Gasteiger partial charge in [0.25, 0.3) is 0 Å². The molecule has 0 radical (unpaired) electrons. The van der Waals surface area contributed by atoms with Crippen LogP contribution in [0.4, 0.5) is 4.39 Å². The highest BCUT2D eigenvalue weighted by molar-refractivity contribution is 9.10. The van der Waals surface area contributed by atoms with Crippen LogP contribution in [0, 0.1) is 12.7 Å². The van der Waals surface area contributed by atoms with Crippen molar-refractivity contribution in [2.24, 2.45) is 0 Å². The number of likely N-dealkylation sites (tertiary alicyclic amines) is 1. The molecular formula is C24H26BrFN2O2. The summed E-state index contributed by atoms with van der Waals surface area (Å²) in [6, 6.07) is 5.05. The molecule has 0 bridgehead atoms. The minimum atomic E-state index is -0.498. The summed E-state index contributed by atoms with van der Waals surface area (Å²) in [4.78, 5) is 18.7. The lowest BCUT2D eigenvalue weighted by Gasteiger charge is -2.34. The molecule has 4 nitrogen and oxygen atoms in total. The van der Waals surface area contributed by atoms with Crippen molar-refractivity contribution in [1.29, 1.82) is 0 Å². The summed E-state index contributed by atoms with van der Waals surface area (Å²) in [5.74, 6) is -0.604. The lowest BCUT2D eigenvalue weighted by molar-refractivity contribution is 0.0600. The lowest BCUT2D eigenvalue weighted by Crippen LogP contribution is -2.35. The van der Waals surface area contributed by atoms with Crippen LogP contribution in [0.25, 0.3) is 6.08 Å². The number of ether oxygens (including phenoxy) is 1. The summed E-state index contributed by atoms with van der Waals surface area (Å²) in [5, 5.41) is 0. The number of halogens is 2. The molecule has 1 aliphatic heterocycles. The fraction of sp³-hybridized carbons (Fsp3) is 0.417. The number of nitrogens with zero attached hydrogens (tertiary/aromatic N) is 2. The number of pyridine rings is 1. The molecule has 0 unspecified atom stereocenters. The molecule has 0 saturated carbocycles. The normalized spacial score (nSPS) is 17.4. The van der Waals surface area contributed by atoms with Crippen molar-refractivity contribution in [3.05, 3.63) is 68.2 Å². The first-order valence-electron chi connectivity index (χ1n) is 10.4. The number of aryl methyl sites for hydroxylation is 2. The van der Waals surface area contributed by atoms with Crippen LogP contribution in [0.3, 0.4) is 0 Å². The number of carbonyl (C=O) groups excluding carboxylic acids is 1. The van der Waals surface area contributed by atoms with Gasteiger partial charge in [0.15, 0.2) is 0 Å². The van der Waals surface area contributed by atoms with Gasteiger partial charge >= 0.3 is 5.97 Å². The second-order valence-electron chi connectivity index (χ2n) is 8.19. The third-order valence-electron chi connectivity index (χ3n) is 6.23. The third kappa shape index (κ3) is 4.35. The van der Waals surface area contributed by atoms with Gasteiger partial charge in [0.1, 0.15) is 5.82 Å². The van der Waals surface area contributed by atoms with Gasteiger partial charge in [0.05, 0.1) is 12.7 Å². The molecule has 6 heteroatoms. The second-order valence-corrected chi connectivity index (χ2v) is 9.04. The van der Waals surface area contributed by atoms with E-state index in [4.69, 9.17) is 4.74 Å². The summed E-state index contributed by atoms with van der Waals surface area (Å²) in [5.41, 5.74) is 5.66. The maximum Gasteiger partial charge on any atom is 0.337 e. The Balaban J connectivity index is 1.41. The van der Waals surface area contributed by atoms with Crippen molar-refractivity contribution in [3.8, 4) is 0 Å². The number of esters is 1. The van der Waals surface area contributed by atoms with E-state index in [1.807, 2.05) is 19.2 Å². The van der Waals surface area contributed by atoms with Crippen LogP contribution >= 0.6 is 15.9 Å². The number of aromatic nitrogens is 1. The van der Waals surface area contributed by atoms with Gasteiger partial charge in [-0.25, -0.2) is 9.18 Å². The SMILES string of the molecule is COC(=O)c1cc(C)c(C2CCN(CC3=Cc4c(Br)ccnc4CC3)CC2)c(F)c1. The van der Waals surface area contributed by atoms with Gasteiger partial charge in [-0.1, -0.05) is 27.6 Å². The predicted molar refractivity (Wildman–Crippen MR) is 119 cm³/mol. The zero-order chi connectivity index (χ0) is 21.3. The van der Waals surface area contributed by atoms with Gasteiger partial charge in [-0.2, -0.15) is 0 Å². The Morgan fingerprint density at radius 1 is 1.30 bits per heavy atom. The molecule has 1 aromatic heterocycles. The Hall–Kier alpha value is -2.05. The number of benzene rings is 1. The zero-order valence-corrected chi connectivity index (χ0v) is 19.0. The van der Waals surface area contributed by atoms with Gasteiger partial charge in [-0.15, -0.1) is 0 Å². The van der Waals surface area contributed by atoms with E-state index in [0.29, 0.717) is 0 Å². The fourth-order valence-electron chi connectivity index (χ4n) is 4.70. The van der Waals surface area contributed by atoms with Crippen LogP contribution in [0.2, 0.25) is 0 Å². The summed E-state index contributed by atoms with van der Waals surface area (Å²) in [6.45, 7) is 4.73. The van der Waals surface area contributed by atoms with Crippen molar-refractivity contribution in [1.82, 2.24) is 9.88 Å². The van der Waals surface area contributed by atoms with Gasteiger partial charge in [-0.3, -0.25) is 9.88 Å². The minimum absolute atomic E-state index is 0.187. The monoisotopic (exact) mass is 472 g/mol. The maximum absolute atomic E-state index is 14.8. The number of hydrogen-bond donors (Lipinski definition) is 0. The van der Waals surface area contributed by atoms with Crippen LogP contribution in [-0.4, -0.2) is 42.6 Å². The Kier molecular flexibility index (Phi) is 6.34. The maximum atomic E-state index is 14.8. The number of rotatable bonds is 4. The third-order valence-corrected chi connectivity index (χ3v) is 6.92. The lowest BCUT2D eigenvalue weighted by atomic mass is 9.85. The molecule has 1 aromatic carbocycles. The first kappa shape index (κ1) is 21.2. The van der Waals surface area contributed by atoms with E-state index in [9.17, 15) is 9.18 Å². The largest absolute Gasteiger partial charge is 0.465 e. The van der Waals surface area contributed by atoms with Crippen LogP contribution in [0.5, 0.6) is 0 Å². The van der Waals surface area contributed by atoms with Crippen LogP contribution in [-0.2, 0) is 11.2 Å². The number of piperidine rings is 1. The molecule has 0 amide bonds. The topological polar surface area (TPSA) is 42.4 Å². The molecule has 2 aromatic rings. The van der Waals surface area contributed by atoms with Crippen molar-refractivity contribution in [2.75, 3.05) is 26.7 Å². The molecular weight excluding hydrogens is 447 g/mol. The van der Waals surface area contributed by atoms with E-state index in [1.54, 1.807) is 6.07 Å². The smallest absolute Gasteiger partial charge is 0.337 e. The van der Waals surface area contributed by atoms with E-state index in [2.05, 4.69) is 31.9 Å². The van der Waals surface area contributed by atoms with E-state index in [-0.39, 0.29) is 17.3 Å². The second kappa shape index (κ2) is 8.98. The molecule has 1 aliphatic carbocycles. The first-order chi connectivity index (χ1) is 14.5. The van der Waals surface area contributed by atoms with Gasteiger partial charge in [0, 0.05) is 28.5 Å². The standard InChI is InChI=1S/C24H26BrFN2O2/c1-15-11-18(24(29)30-2)13-21(26)23(15)17-6-9-28(10-7-17)14-16-3-4-22-19(12-16)20(25)5-8-27-22/h5,8,11-13,17H,3-4,6-7,9-10,14H2,1-2H3. The summed E-state index contributed by atoms with van der Waals surface area (Å²) >= 11 is 3.64.